The van der Waals surface area contributed by atoms with Crippen molar-refractivity contribution in [3.8, 4) is 11.4 Å². The van der Waals surface area contributed by atoms with E-state index >= 15 is 0 Å². The van der Waals surface area contributed by atoms with E-state index in [-0.39, 0.29) is 11.9 Å². The average molecular weight is 377 g/mol. The van der Waals surface area contributed by atoms with E-state index in [0.29, 0.717) is 30.9 Å². The van der Waals surface area contributed by atoms with E-state index in [4.69, 9.17) is 0 Å². The third-order valence-electron chi connectivity index (χ3n) is 4.58. The minimum Gasteiger partial charge on any atom is -0.352 e. The standard InChI is InChI=1S/C17H23N5O3S/c1-26(24,25)22-10-3-2-7-15(22)8-9-18-17(23)14-6-4-5-13(11-14)16-19-12-20-21-16/h4-6,11-12,15H,2-3,7-10H2,1H3,(H,18,23)(H,19,20,21). The maximum Gasteiger partial charge on any atom is 0.251 e. The van der Waals surface area contributed by atoms with Crippen LogP contribution in [0.2, 0.25) is 0 Å². The van der Waals surface area contributed by atoms with E-state index in [1.54, 1.807) is 22.5 Å². The predicted octanol–water partition coefficient (Wildman–Crippen LogP) is 1.41. The van der Waals surface area contributed by atoms with Crippen molar-refractivity contribution >= 4 is 15.9 Å². The largest absolute Gasteiger partial charge is 0.352 e. The van der Waals surface area contributed by atoms with Crippen LogP contribution in [0.4, 0.5) is 0 Å². The zero-order valence-electron chi connectivity index (χ0n) is 14.7. The monoisotopic (exact) mass is 377 g/mol. The molecule has 0 bridgehead atoms. The number of rotatable bonds is 6. The molecule has 1 aromatic heterocycles. The Kier molecular flexibility index (Phi) is 5.67. The first-order chi connectivity index (χ1) is 12.4. The second-order valence-corrected chi connectivity index (χ2v) is 8.42. The number of H-pyrrole nitrogens is 1. The highest BCUT2D eigenvalue weighted by atomic mass is 32.2. The van der Waals surface area contributed by atoms with Crippen molar-refractivity contribution in [3.05, 3.63) is 36.2 Å². The average Bonchev–Trinajstić information content (AvgIpc) is 3.16. The van der Waals surface area contributed by atoms with Crippen LogP contribution in [0.15, 0.2) is 30.6 Å². The number of aromatic nitrogens is 3. The lowest BCUT2D eigenvalue weighted by Crippen LogP contribution is -2.44. The van der Waals surface area contributed by atoms with Gasteiger partial charge in [-0.3, -0.25) is 9.89 Å². The zero-order valence-corrected chi connectivity index (χ0v) is 15.5. The molecule has 1 amide bonds. The molecule has 1 fully saturated rings. The van der Waals surface area contributed by atoms with Gasteiger partial charge in [0, 0.05) is 30.3 Å². The van der Waals surface area contributed by atoms with Crippen LogP contribution in [-0.2, 0) is 10.0 Å². The highest BCUT2D eigenvalue weighted by Gasteiger charge is 2.28. The molecule has 1 atom stereocenters. The highest BCUT2D eigenvalue weighted by molar-refractivity contribution is 7.88. The summed E-state index contributed by atoms with van der Waals surface area (Å²) >= 11 is 0. The van der Waals surface area contributed by atoms with E-state index < -0.39 is 10.0 Å². The first-order valence-electron chi connectivity index (χ1n) is 8.66. The van der Waals surface area contributed by atoms with Crippen molar-refractivity contribution < 1.29 is 13.2 Å². The van der Waals surface area contributed by atoms with Crippen LogP contribution in [0.1, 0.15) is 36.0 Å². The summed E-state index contributed by atoms with van der Waals surface area (Å²) in [5.74, 6) is 0.415. The normalized spacial score (nSPS) is 18.6. The molecule has 1 aliphatic heterocycles. The van der Waals surface area contributed by atoms with Crippen LogP contribution in [0.3, 0.4) is 0 Å². The number of hydrogen-bond acceptors (Lipinski definition) is 5. The molecule has 2 heterocycles. The van der Waals surface area contributed by atoms with Gasteiger partial charge in [-0.25, -0.2) is 13.4 Å². The van der Waals surface area contributed by atoms with Crippen molar-refractivity contribution in [2.45, 2.75) is 31.7 Å². The van der Waals surface area contributed by atoms with E-state index in [1.807, 2.05) is 6.07 Å². The van der Waals surface area contributed by atoms with Crippen molar-refractivity contribution in [1.82, 2.24) is 24.8 Å². The maximum absolute atomic E-state index is 12.4. The molecule has 0 aliphatic carbocycles. The minimum absolute atomic E-state index is 0.0421. The molecule has 1 saturated heterocycles. The Morgan fingerprint density at radius 2 is 2.23 bits per heavy atom. The van der Waals surface area contributed by atoms with E-state index in [0.717, 1.165) is 24.8 Å². The number of amides is 1. The van der Waals surface area contributed by atoms with Gasteiger partial charge in [-0.05, 0) is 31.4 Å². The summed E-state index contributed by atoms with van der Waals surface area (Å²) in [5.41, 5.74) is 1.31. The molecule has 140 valence electrons. The molecule has 0 spiro atoms. The van der Waals surface area contributed by atoms with Gasteiger partial charge in [-0.15, -0.1) is 0 Å². The summed E-state index contributed by atoms with van der Waals surface area (Å²) in [7, 11) is -3.20. The number of hydrogen-bond donors (Lipinski definition) is 2. The molecule has 1 unspecified atom stereocenters. The predicted molar refractivity (Wildman–Crippen MR) is 98.0 cm³/mol. The first kappa shape index (κ1) is 18.5. The SMILES string of the molecule is CS(=O)(=O)N1CCCCC1CCNC(=O)c1cccc(-c2ncn[nH]2)c1. The fourth-order valence-electron chi connectivity index (χ4n) is 3.31. The molecule has 2 aromatic rings. The van der Waals surface area contributed by atoms with E-state index in [1.165, 1.54) is 12.6 Å². The molecule has 0 radical (unpaired) electrons. The lowest BCUT2D eigenvalue weighted by Gasteiger charge is -2.33. The summed E-state index contributed by atoms with van der Waals surface area (Å²) in [4.78, 5) is 16.5. The lowest BCUT2D eigenvalue weighted by atomic mass is 10.0. The smallest absolute Gasteiger partial charge is 0.251 e. The molecular formula is C17H23N5O3S. The van der Waals surface area contributed by atoms with E-state index in [2.05, 4.69) is 20.5 Å². The summed E-state index contributed by atoms with van der Waals surface area (Å²) < 4.78 is 25.3. The van der Waals surface area contributed by atoms with Crippen molar-refractivity contribution in [3.63, 3.8) is 0 Å². The molecule has 8 nitrogen and oxygen atoms in total. The third kappa shape index (κ3) is 4.47. The van der Waals surface area contributed by atoms with Crippen LogP contribution in [0, 0.1) is 0 Å². The quantitative estimate of drug-likeness (QED) is 0.791. The number of piperidine rings is 1. The van der Waals surface area contributed by atoms with Gasteiger partial charge in [0.1, 0.15) is 6.33 Å². The van der Waals surface area contributed by atoms with Gasteiger partial charge in [-0.2, -0.15) is 9.40 Å². The van der Waals surface area contributed by atoms with Crippen LogP contribution in [0.25, 0.3) is 11.4 Å². The Morgan fingerprint density at radius 1 is 1.38 bits per heavy atom. The molecule has 3 rings (SSSR count). The van der Waals surface area contributed by atoms with Crippen LogP contribution in [-0.4, -0.2) is 59.2 Å². The Bertz CT molecular complexity index is 851. The third-order valence-corrected chi connectivity index (χ3v) is 5.91. The lowest BCUT2D eigenvalue weighted by molar-refractivity contribution is 0.0949. The molecule has 0 saturated carbocycles. The van der Waals surface area contributed by atoms with Crippen molar-refractivity contribution in [1.29, 1.82) is 0 Å². The Balaban J connectivity index is 1.58. The Morgan fingerprint density at radius 3 is 2.96 bits per heavy atom. The zero-order chi connectivity index (χ0) is 18.6. The number of carbonyl (C=O) groups excluding carboxylic acids is 1. The summed E-state index contributed by atoms with van der Waals surface area (Å²) in [5, 5.41) is 9.46. The van der Waals surface area contributed by atoms with Crippen LogP contribution >= 0.6 is 0 Å². The van der Waals surface area contributed by atoms with Gasteiger partial charge in [0.15, 0.2) is 5.82 Å². The summed E-state index contributed by atoms with van der Waals surface area (Å²) in [6, 6.07) is 7.08. The van der Waals surface area contributed by atoms with Gasteiger partial charge in [0.2, 0.25) is 10.0 Å². The molecule has 26 heavy (non-hydrogen) atoms. The van der Waals surface area contributed by atoms with Gasteiger partial charge in [0.25, 0.3) is 5.91 Å². The summed E-state index contributed by atoms with van der Waals surface area (Å²) in [6.07, 6.45) is 6.03. The maximum atomic E-state index is 12.4. The number of nitrogens with one attached hydrogen (secondary N) is 2. The van der Waals surface area contributed by atoms with Gasteiger partial charge in [0.05, 0.1) is 6.26 Å². The number of carbonyl (C=O) groups is 1. The number of benzene rings is 1. The molecule has 9 heteroatoms. The number of aromatic amines is 1. The van der Waals surface area contributed by atoms with Crippen LogP contribution < -0.4 is 5.32 Å². The fraction of sp³-hybridized carbons (Fsp3) is 0.471. The Labute approximate surface area is 153 Å². The van der Waals surface area contributed by atoms with Gasteiger partial charge < -0.3 is 5.32 Å². The topological polar surface area (TPSA) is 108 Å². The second-order valence-electron chi connectivity index (χ2n) is 6.48. The second kappa shape index (κ2) is 7.96. The number of nitrogens with zero attached hydrogens (tertiary/aromatic N) is 3. The molecule has 1 aromatic carbocycles. The van der Waals surface area contributed by atoms with Gasteiger partial charge in [-0.1, -0.05) is 18.6 Å². The van der Waals surface area contributed by atoms with E-state index in [9.17, 15) is 13.2 Å². The van der Waals surface area contributed by atoms with Crippen molar-refractivity contribution in [2.24, 2.45) is 0 Å². The van der Waals surface area contributed by atoms with Gasteiger partial charge >= 0.3 is 0 Å². The molecule has 2 N–H and O–H groups in total. The minimum atomic E-state index is -3.20. The Hall–Kier alpha value is -2.26. The van der Waals surface area contributed by atoms with Crippen LogP contribution in [0.5, 0.6) is 0 Å². The fourth-order valence-corrected chi connectivity index (χ4v) is 4.52. The first-order valence-corrected chi connectivity index (χ1v) is 10.5. The van der Waals surface area contributed by atoms with Crippen molar-refractivity contribution in [2.75, 3.05) is 19.3 Å². The molecule has 1 aliphatic rings. The number of sulfonamides is 1. The summed E-state index contributed by atoms with van der Waals surface area (Å²) in [6.45, 7) is 0.999. The molecular weight excluding hydrogens is 354 g/mol. The highest BCUT2D eigenvalue weighted by Crippen LogP contribution is 2.22.